The van der Waals surface area contributed by atoms with Crippen LogP contribution in [-0.2, 0) is 4.79 Å². The van der Waals surface area contributed by atoms with Crippen LogP contribution in [0.2, 0.25) is 0 Å². The van der Waals surface area contributed by atoms with E-state index in [0.717, 1.165) is 11.3 Å². The average Bonchev–Trinajstić information content (AvgIpc) is 2.42. The van der Waals surface area contributed by atoms with E-state index < -0.39 is 6.10 Å². The van der Waals surface area contributed by atoms with Gasteiger partial charge in [0.05, 0.1) is 13.2 Å². The molecule has 19 heavy (non-hydrogen) atoms. The van der Waals surface area contributed by atoms with Gasteiger partial charge in [-0.2, -0.15) is 0 Å². The van der Waals surface area contributed by atoms with Crippen molar-refractivity contribution in [1.82, 2.24) is 5.32 Å². The number of hydrogen-bond donors (Lipinski definition) is 2. The molecule has 1 aromatic rings. The summed E-state index contributed by atoms with van der Waals surface area (Å²) in [4.78, 5) is 11.6. The van der Waals surface area contributed by atoms with Crippen LogP contribution in [0.25, 0.3) is 6.08 Å². The van der Waals surface area contributed by atoms with Crippen molar-refractivity contribution in [2.45, 2.75) is 20.0 Å². The average molecular weight is 263 g/mol. The Morgan fingerprint density at radius 2 is 2.21 bits per heavy atom. The van der Waals surface area contributed by atoms with E-state index in [-0.39, 0.29) is 18.4 Å². The maximum absolute atomic E-state index is 11.6. The van der Waals surface area contributed by atoms with Gasteiger partial charge in [-0.15, -0.1) is 0 Å². The van der Waals surface area contributed by atoms with E-state index in [1.165, 1.54) is 6.08 Å². The number of benzene rings is 1. The zero-order chi connectivity index (χ0) is 14.3. The molecule has 104 valence electrons. The quantitative estimate of drug-likeness (QED) is 0.770. The van der Waals surface area contributed by atoms with Crippen LogP contribution < -0.4 is 10.1 Å². The second kappa shape index (κ2) is 7.59. The lowest BCUT2D eigenvalue weighted by Gasteiger charge is -2.13. The number of carbonyl (C=O) groups is 1. The summed E-state index contributed by atoms with van der Waals surface area (Å²) in [6.45, 7) is 4.07. The lowest BCUT2D eigenvalue weighted by Crippen LogP contribution is -2.33. The summed E-state index contributed by atoms with van der Waals surface area (Å²) in [6, 6.07) is 7.43. The Morgan fingerprint density at radius 3 is 2.84 bits per heavy atom. The van der Waals surface area contributed by atoms with Crippen molar-refractivity contribution >= 4 is 12.0 Å². The van der Waals surface area contributed by atoms with Crippen molar-refractivity contribution in [2.75, 3.05) is 13.7 Å². The van der Waals surface area contributed by atoms with Crippen LogP contribution in [0.4, 0.5) is 0 Å². The van der Waals surface area contributed by atoms with Crippen LogP contribution in [-0.4, -0.2) is 30.8 Å². The van der Waals surface area contributed by atoms with Gasteiger partial charge in [0.25, 0.3) is 0 Å². The molecule has 1 atom stereocenters. The minimum absolute atomic E-state index is 0.127. The highest BCUT2D eigenvalue weighted by Gasteiger charge is 2.09. The van der Waals surface area contributed by atoms with Gasteiger partial charge >= 0.3 is 0 Å². The normalized spacial score (nSPS) is 12.7. The summed E-state index contributed by atoms with van der Waals surface area (Å²) in [5.41, 5.74) is 0.888. The zero-order valence-corrected chi connectivity index (χ0v) is 11.6. The van der Waals surface area contributed by atoms with Crippen molar-refractivity contribution in [2.24, 2.45) is 5.92 Å². The van der Waals surface area contributed by atoms with Crippen molar-refractivity contribution in [3.8, 4) is 5.75 Å². The molecular weight excluding hydrogens is 242 g/mol. The standard InChI is InChI=1S/C15H21NO3/c1-11(2)14(17)10-16-15(18)8-7-12-5-4-6-13(9-12)19-3/h4-9,11,14,17H,10H2,1-3H3,(H,16,18)/b8-7+. The molecule has 1 amide bonds. The number of carbonyl (C=O) groups excluding carboxylic acids is 1. The van der Waals surface area contributed by atoms with Gasteiger partial charge in [0.15, 0.2) is 0 Å². The molecule has 0 saturated heterocycles. The van der Waals surface area contributed by atoms with Crippen molar-refractivity contribution in [3.63, 3.8) is 0 Å². The molecule has 0 fully saturated rings. The number of ether oxygens (including phenoxy) is 1. The molecule has 0 aliphatic carbocycles. The third kappa shape index (κ3) is 5.57. The van der Waals surface area contributed by atoms with E-state index in [9.17, 15) is 9.90 Å². The summed E-state index contributed by atoms with van der Waals surface area (Å²) >= 11 is 0. The predicted molar refractivity (Wildman–Crippen MR) is 75.9 cm³/mol. The summed E-state index contributed by atoms with van der Waals surface area (Å²) in [7, 11) is 1.60. The SMILES string of the molecule is COc1cccc(/C=C/C(=O)NCC(O)C(C)C)c1. The number of aliphatic hydroxyl groups excluding tert-OH is 1. The van der Waals surface area contributed by atoms with Crippen LogP contribution >= 0.6 is 0 Å². The Kier molecular flexibility index (Phi) is 6.09. The molecule has 4 heteroatoms. The fraction of sp³-hybridized carbons (Fsp3) is 0.400. The van der Waals surface area contributed by atoms with E-state index in [4.69, 9.17) is 4.74 Å². The summed E-state index contributed by atoms with van der Waals surface area (Å²) in [6.07, 6.45) is 2.63. The second-order valence-electron chi connectivity index (χ2n) is 4.67. The van der Waals surface area contributed by atoms with E-state index in [2.05, 4.69) is 5.32 Å². The maximum atomic E-state index is 11.6. The predicted octanol–water partition coefficient (Wildman–Crippen LogP) is 1.84. The van der Waals surface area contributed by atoms with Crippen molar-refractivity contribution < 1.29 is 14.6 Å². The smallest absolute Gasteiger partial charge is 0.244 e. The minimum atomic E-state index is -0.519. The lowest BCUT2D eigenvalue weighted by molar-refractivity contribution is -0.117. The highest BCUT2D eigenvalue weighted by Crippen LogP contribution is 2.13. The fourth-order valence-corrected chi connectivity index (χ4v) is 1.42. The molecule has 0 spiro atoms. The van der Waals surface area contributed by atoms with Crippen LogP contribution in [0.5, 0.6) is 5.75 Å². The van der Waals surface area contributed by atoms with Gasteiger partial charge in [-0.3, -0.25) is 4.79 Å². The summed E-state index contributed by atoms with van der Waals surface area (Å²) < 4.78 is 5.10. The monoisotopic (exact) mass is 263 g/mol. The molecule has 0 aromatic heterocycles. The number of nitrogens with one attached hydrogen (secondary N) is 1. The van der Waals surface area contributed by atoms with Gasteiger partial charge in [-0.05, 0) is 29.7 Å². The largest absolute Gasteiger partial charge is 0.497 e. The van der Waals surface area contributed by atoms with Gasteiger partial charge in [0, 0.05) is 12.6 Å². The molecule has 0 bridgehead atoms. The Hall–Kier alpha value is -1.81. The Labute approximate surface area is 114 Å². The van der Waals surface area contributed by atoms with Gasteiger partial charge in [0.2, 0.25) is 5.91 Å². The van der Waals surface area contributed by atoms with Crippen LogP contribution in [0.1, 0.15) is 19.4 Å². The molecule has 0 heterocycles. The van der Waals surface area contributed by atoms with E-state index in [0.29, 0.717) is 0 Å². The first kappa shape index (κ1) is 15.2. The first-order chi connectivity index (χ1) is 9.02. The molecule has 2 N–H and O–H groups in total. The summed E-state index contributed by atoms with van der Waals surface area (Å²) in [5.74, 6) is 0.656. The minimum Gasteiger partial charge on any atom is -0.497 e. The molecule has 0 aliphatic heterocycles. The van der Waals surface area contributed by atoms with Crippen LogP contribution in [0.15, 0.2) is 30.3 Å². The number of amides is 1. The van der Waals surface area contributed by atoms with Crippen molar-refractivity contribution in [1.29, 1.82) is 0 Å². The lowest BCUT2D eigenvalue weighted by atomic mass is 10.1. The first-order valence-corrected chi connectivity index (χ1v) is 6.31. The van der Waals surface area contributed by atoms with Gasteiger partial charge in [-0.25, -0.2) is 0 Å². The number of hydrogen-bond acceptors (Lipinski definition) is 3. The number of methoxy groups -OCH3 is 1. The Bertz CT molecular complexity index is 441. The molecule has 1 aromatic carbocycles. The number of rotatable bonds is 6. The molecule has 0 saturated carbocycles. The molecule has 1 rings (SSSR count). The zero-order valence-electron chi connectivity index (χ0n) is 11.6. The highest BCUT2D eigenvalue weighted by atomic mass is 16.5. The van der Waals surface area contributed by atoms with Crippen LogP contribution in [0, 0.1) is 5.92 Å². The molecule has 4 nitrogen and oxygen atoms in total. The molecular formula is C15H21NO3. The Balaban J connectivity index is 2.49. The third-order valence-corrected chi connectivity index (χ3v) is 2.78. The van der Waals surface area contributed by atoms with Gasteiger partial charge in [0.1, 0.15) is 5.75 Å². The van der Waals surface area contributed by atoms with Crippen LogP contribution in [0.3, 0.4) is 0 Å². The van der Waals surface area contributed by atoms with E-state index in [1.807, 2.05) is 38.1 Å². The third-order valence-electron chi connectivity index (χ3n) is 2.78. The number of aliphatic hydroxyl groups is 1. The Morgan fingerprint density at radius 1 is 1.47 bits per heavy atom. The first-order valence-electron chi connectivity index (χ1n) is 6.31. The van der Waals surface area contributed by atoms with E-state index >= 15 is 0 Å². The molecule has 0 radical (unpaired) electrons. The van der Waals surface area contributed by atoms with Gasteiger partial charge in [-0.1, -0.05) is 26.0 Å². The van der Waals surface area contributed by atoms with E-state index in [1.54, 1.807) is 13.2 Å². The molecule has 0 aliphatic rings. The fourth-order valence-electron chi connectivity index (χ4n) is 1.42. The second-order valence-corrected chi connectivity index (χ2v) is 4.67. The van der Waals surface area contributed by atoms with Crippen molar-refractivity contribution in [3.05, 3.63) is 35.9 Å². The van der Waals surface area contributed by atoms with Gasteiger partial charge < -0.3 is 15.2 Å². The maximum Gasteiger partial charge on any atom is 0.244 e. The highest BCUT2D eigenvalue weighted by molar-refractivity contribution is 5.91. The molecule has 1 unspecified atom stereocenters. The summed E-state index contributed by atoms with van der Waals surface area (Å²) in [5, 5.41) is 12.2. The topological polar surface area (TPSA) is 58.6 Å².